The van der Waals surface area contributed by atoms with E-state index in [-0.39, 0.29) is 40.0 Å². The average Bonchev–Trinajstić information content (AvgIpc) is 3.40. The summed E-state index contributed by atoms with van der Waals surface area (Å²) in [6.45, 7) is 0.177. The van der Waals surface area contributed by atoms with Crippen molar-refractivity contribution in [3.8, 4) is 0 Å². The van der Waals surface area contributed by atoms with Crippen molar-refractivity contribution in [3.05, 3.63) is 55.6 Å². The van der Waals surface area contributed by atoms with Crippen molar-refractivity contribution in [2.45, 2.75) is 12.8 Å². The van der Waals surface area contributed by atoms with Crippen molar-refractivity contribution < 1.29 is 23.5 Å². The van der Waals surface area contributed by atoms with Crippen LogP contribution in [0, 0.1) is 20.6 Å². The molecule has 1 saturated carbocycles. The summed E-state index contributed by atoms with van der Waals surface area (Å²) < 4.78 is 28.9. The van der Waals surface area contributed by atoms with Crippen LogP contribution in [-0.4, -0.2) is 24.2 Å². The number of rotatable bonds is 7. The number of hydrogen-bond donors (Lipinski definition) is 3. The Morgan fingerprint density at radius 3 is 2.59 bits per heavy atom. The van der Waals surface area contributed by atoms with E-state index >= 15 is 0 Å². The van der Waals surface area contributed by atoms with Gasteiger partial charge in [-0.25, -0.2) is 14.3 Å². The number of carbonyl (C=O) groups excluding carboxylic acids is 1. The minimum atomic E-state index is -0.613. The Morgan fingerprint density at radius 1 is 1.22 bits per heavy atom. The van der Waals surface area contributed by atoms with Gasteiger partial charge >= 0.3 is 0 Å². The minimum absolute atomic E-state index is 0.0101. The largest absolute Gasteiger partial charge is 0.396 e. The zero-order valence-electron chi connectivity index (χ0n) is 14.0. The molecule has 0 spiro atoms. The third-order valence-corrected chi connectivity index (χ3v) is 5.62. The predicted molar refractivity (Wildman–Crippen MR) is 109 cm³/mol. The van der Waals surface area contributed by atoms with E-state index in [2.05, 4.69) is 26.7 Å². The summed E-state index contributed by atoms with van der Waals surface area (Å²) in [5, 5.41) is 12.0. The maximum absolute atomic E-state index is 14.1. The van der Waals surface area contributed by atoms with Gasteiger partial charge in [-0.1, -0.05) is 0 Å². The lowest BCUT2D eigenvalue weighted by Crippen LogP contribution is -2.28. The standard InChI is InChI=1S/C18H16BrF2IN2O3/c19-12-6-11(17(26)24-27-9-18(8-25)3-4-18)16(7-13(12)20)23-15-2-1-10(22)5-14(15)21/h1-2,5-7,23,25H,3-4,8-9H2,(H,24,26). The predicted octanol–water partition coefficient (Wildman–Crippen LogP) is 4.51. The lowest BCUT2D eigenvalue weighted by Gasteiger charge is -2.15. The lowest BCUT2D eigenvalue weighted by atomic mass is 10.1. The van der Waals surface area contributed by atoms with Gasteiger partial charge in [0.1, 0.15) is 11.6 Å². The third kappa shape index (κ3) is 4.95. The van der Waals surface area contributed by atoms with Crippen LogP contribution in [-0.2, 0) is 4.84 Å². The first-order valence-corrected chi connectivity index (χ1v) is 9.95. The van der Waals surface area contributed by atoms with Crippen LogP contribution in [0.1, 0.15) is 23.2 Å². The number of benzene rings is 2. The Balaban J connectivity index is 1.79. The van der Waals surface area contributed by atoms with Gasteiger partial charge < -0.3 is 10.4 Å². The summed E-state index contributed by atoms with van der Waals surface area (Å²) in [6, 6.07) is 6.92. The molecule has 1 aliphatic rings. The highest BCUT2D eigenvalue weighted by molar-refractivity contribution is 14.1. The second-order valence-electron chi connectivity index (χ2n) is 6.44. The Bertz CT molecular complexity index is 878. The van der Waals surface area contributed by atoms with Crippen molar-refractivity contribution in [3.63, 3.8) is 0 Å². The first-order chi connectivity index (χ1) is 12.8. The first-order valence-electron chi connectivity index (χ1n) is 8.08. The Labute approximate surface area is 176 Å². The molecule has 9 heteroatoms. The van der Waals surface area contributed by atoms with Gasteiger partial charge in [-0.2, -0.15) is 0 Å². The van der Waals surface area contributed by atoms with Gasteiger partial charge in [0.2, 0.25) is 0 Å². The number of nitrogens with one attached hydrogen (secondary N) is 2. The highest BCUT2D eigenvalue weighted by Crippen LogP contribution is 2.44. The Hall–Kier alpha value is -1.30. The number of anilines is 2. The van der Waals surface area contributed by atoms with Crippen LogP contribution in [0.4, 0.5) is 20.2 Å². The van der Waals surface area contributed by atoms with Crippen molar-refractivity contribution in [1.82, 2.24) is 5.48 Å². The summed E-state index contributed by atoms with van der Waals surface area (Å²) >= 11 is 5.02. The van der Waals surface area contributed by atoms with Gasteiger partial charge in [0, 0.05) is 8.99 Å². The van der Waals surface area contributed by atoms with Gasteiger partial charge in [0.25, 0.3) is 5.91 Å². The highest BCUT2D eigenvalue weighted by atomic mass is 127. The van der Waals surface area contributed by atoms with Crippen molar-refractivity contribution in [2.75, 3.05) is 18.5 Å². The molecule has 3 rings (SSSR count). The molecule has 0 aromatic heterocycles. The molecular weight excluding hydrogens is 537 g/mol. The highest BCUT2D eigenvalue weighted by Gasteiger charge is 2.42. The van der Waals surface area contributed by atoms with E-state index in [4.69, 9.17) is 4.84 Å². The topological polar surface area (TPSA) is 70.6 Å². The van der Waals surface area contributed by atoms with Crippen molar-refractivity contribution in [2.24, 2.45) is 5.41 Å². The van der Waals surface area contributed by atoms with E-state index in [9.17, 15) is 18.7 Å². The van der Waals surface area contributed by atoms with Gasteiger partial charge in [-0.15, -0.1) is 0 Å². The molecule has 1 aliphatic carbocycles. The molecule has 27 heavy (non-hydrogen) atoms. The van der Waals surface area contributed by atoms with Gasteiger partial charge in [0.15, 0.2) is 0 Å². The lowest BCUT2D eigenvalue weighted by molar-refractivity contribution is -0.0000268. The molecule has 5 nitrogen and oxygen atoms in total. The normalized spacial score (nSPS) is 14.7. The molecule has 2 aromatic carbocycles. The monoisotopic (exact) mass is 552 g/mol. The van der Waals surface area contributed by atoms with E-state index < -0.39 is 17.5 Å². The quantitative estimate of drug-likeness (QED) is 0.349. The second kappa shape index (κ2) is 8.38. The van der Waals surface area contributed by atoms with Crippen LogP contribution in [0.25, 0.3) is 0 Å². The molecule has 0 saturated heterocycles. The van der Waals surface area contributed by atoms with Crippen LogP contribution >= 0.6 is 38.5 Å². The molecule has 0 bridgehead atoms. The molecular formula is C18H16BrF2IN2O3. The molecule has 144 valence electrons. The molecule has 3 N–H and O–H groups in total. The molecule has 0 radical (unpaired) electrons. The summed E-state index contributed by atoms with van der Waals surface area (Å²) in [6.07, 6.45) is 1.67. The van der Waals surface area contributed by atoms with Gasteiger partial charge in [-0.05, 0) is 81.7 Å². The number of amides is 1. The number of hydroxylamine groups is 1. The van der Waals surface area contributed by atoms with E-state index in [1.165, 1.54) is 18.2 Å². The fourth-order valence-corrected chi connectivity index (χ4v) is 3.21. The minimum Gasteiger partial charge on any atom is -0.396 e. The Morgan fingerprint density at radius 2 is 1.96 bits per heavy atom. The summed E-state index contributed by atoms with van der Waals surface area (Å²) in [4.78, 5) is 17.7. The molecule has 0 atom stereocenters. The van der Waals surface area contributed by atoms with Crippen molar-refractivity contribution in [1.29, 1.82) is 0 Å². The van der Waals surface area contributed by atoms with E-state index in [1.807, 2.05) is 22.6 Å². The van der Waals surface area contributed by atoms with Gasteiger partial charge in [0.05, 0.1) is 34.6 Å². The SMILES string of the molecule is O=C(NOCC1(CO)CC1)c1cc(Br)c(F)cc1Nc1ccc(I)cc1F. The van der Waals surface area contributed by atoms with Crippen molar-refractivity contribution >= 4 is 55.8 Å². The van der Waals surface area contributed by atoms with E-state index in [1.54, 1.807) is 6.07 Å². The third-order valence-electron chi connectivity index (χ3n) is 4.34. The summed E-state index contributed by atoms with van der Waals surface area (Å²) in [5.74, 6) is -1.73. The van der Waals surface area contributed by atoms with Crippen LogP contribution < -0.4 is 10.8 Å². The maximum Gasteiger partial charge on any atom is 0.276 e. The maximum atomic E-state index is 14.1. The fourth-order valence-electron chi connectivity index (χ4n) is 2.41. The molecule has 0 heterocycles. The van der Waals surface area contributed by atoms with Crippen LogP contribution in [0.15, 0.2) is 34.8 Å². The molecule has 2 aromatic rings. The second-order valence-corrected chi connectivity index (χ2v) is 8.54. The van der Waals surface area contributed by atoms with Crippen LogP contribution in [0.5, 0.6) is 0 Å². The van der Waals surface area contributed by atoms with Crippen LogP contribution in [0.2, 0.25) is 0 Å². The zero-order chi connectivity index (χ0) is 19.6. The van der Waals surface area contributed by atoms with E-state index in [0.29, 0.717) is 3.57 Å². The number of aliphatic hydroxyl groups is 1. The fraction of sp³-hybridized carbons (Fsp3) is 0.278. The number of hydrogen-bond acceptors (Lipinski definition) is 4. The molecule has 0 aliphatic heterocycles. The van der Waals surface area contributed by atoms with E-state index in [0.717, 1.165) is 18.9 Å². The molecule has 0 unspecified atom stereocenters. The molecule has 1 fully saturated rings. The first kappa shape index (κ1) is 20.4. The smallest absolute Gasteiger partial charge is 0.276 e. The average molecular weight is 553 g/mol. The molecule has 1 amide bonds. The zero-order valence-corrected chi connectivity index (χ0v) is 17.7. The number of carbonyl (C=O) groups is 1. The summed E-state index contributed by atoms with van der Waals surface area (Å²) in [5.41, 5.74) is 2.30. The van der Waals surface area contributed by atoms with Gasteiger partial charge in [-0.3, -0.25) is 9.63 Å². The number of halogens is 4. The number of aliphatic hydroxyl groups excluding tert-OH is 1. The van der Waals surface area contributed by atoms with Crippen LogP contribution in [0.3, 0.4) is 0 Å². The Kier molecular flexibility index (Phi) is 6.34. The summed E-state index contributed by atoms with van der Waals surface area (Å²) in [7, 11) is 0.